The molecule has 1 amide bonds. The molecular formula is C23H26N2O3. The first-order chi connectivity index (χ1) is 13.7. The predicted molar refractivity (Wildman–Crippen MR) is 110 cm³/mol. The molecule has 5 heteroatoms. The number of nitriles is 1. The molecule has 0 radical (unpaired) electrons. The first kappa shape index (κ1) is 21.2. The molecule has 0 bridgehead atoms. The van der Waals surface area contributed by atoms with Gasteiger partial charge in [-0.05, 0) is 48.9 Å². The zero-order chi connectivity index (χ0) is 20.2. The number of hydrogen-bond donors (Lipinski definition) is 1. The van der Waals surface area contributed by atoms with Gasteiger partial charge in [-0.3, -0.25) is 9.59 Å². The molecule has 0 fully saturated rings. The summed E-state index contributed by atoms with van der Waals surface area (Å²) in [6.07, 6.45) is 7.89. The zero-order valence-electron chi connectivity index (χ0n) is 16.2. The Kier molecular flexibility index (Phi) is 8.74. The van der Waals surface area contributed by atoms with E-state index in [0.717, 1.165) is 12.2 Å². The van der Waals surface area contributed by atoms with Crippen LogP contribution in [0.5, 0.6) is 5.75 Å². The van der Waals surface area contributed by atoms with Crippen molar-refractivity contribution in [1.29, 1.82) is 5.26 Å². The van der Waals surface area contributed by atoms with Crippen molar-refractivity contribution < 1.29 is 14.3 Å². The van der Waals surface area contributed by atoms with E-state index in [1.165, 1.54) is 38.2 Å². The number of rotatable bonds is 11. The van der Waals surface area contributed by atoms with E-state index in [1.807, 2.05) is 6.07 Å². The lowest BCUT2D eigenvalue weighted by Gasteiger charge is -2.09. The molecule has 0 spiro atoms. The van der Waals surface area contributed by atoms with Crippen LogP contribution in [0, 0.1) is 11.3 Å². The van der Waals surface area contributed by atoms with Gasteiger partial charge in [-0.1, -0.05) is 39.0 Å². The van der Waals surface area contributed by atoms with Crippen LogP contribution >= 0.6 is 0 Å². The highest BCUT2D eigenvalue weighted by Crippen LogP contribution is 2.18. The van der Waals surface area contributed by atoms with Crippen LogP contribution in [0.1, 0.15) is 71.7 Å². The summed E-state index contributed by atoms with van der Waals surface area (Å²) in [5.41, 5.74) is 1.48. The van der Waals surface area contributed by atoms with Gasteiger partial charge in [0.1, 0.15) is 5.75 Å². The average Bonchev–Trinajstić information content (AvgIpc) is 2.73. The molecule has 2 aromatic carbocycles. The molecule has 0 aliphatic carbocycles. The number of carbonyl (C=O) groups excluding carboxylic acids is 2. The molecular weight excluding hydrogens is 352 g/mol. The maximum Gasteiger partial charge on any atom is 0.255 e. The Morgan fingerprint density at radius 1 is 1.07 bits per heavy atom. The van der Waals surface area contributed by atoms with Crippen LogP contribution < -0.4 is 10.1 Å². The topological polar surface area (TPSA) is 79.2 Å². The summed E-state index contributed by atoms with van der Waals surface area (Å²) in [4.78, 5) is 23.6. The van der Waals surface area contributed by atoms with E-state index in [2.05, 4.69) is 12.2 Å². The summed E-state index contributed by atoms with van der Waals surface area (Å²) in [5, 5.41) is 11.6. The largest absolute Gasteiger partial charge is 0.494 e. The van der Waals surface area contributed by atoms with Crippen LogP contribution in [0.15, 0.2) is 42.5 Å². The maximum atomic E-state index is 12.4. The number of unbranched alkanes of at least 4 members (excludes halogenated alkanes) is 5. The minimum atomic E-state index is -0.324. The third kappa shape index (κ3) is 6.55. The number of nitrogens with one attached hydrogen (secondary N) is 1. The summed E-state index contributed by atoms with van der Waals surface area (Å²) in [7, 11) is 0. The fourth-order valence-corrected chi connectivity index (χ4v) is 2.81. The van der Waals surface area contributed by atoms with Crippen LogP contribution in [0.4, 0.5) is 5.69 Å². The van der Waals surface area contributed by atoms with E-state index in [1.54, 1.807) is 36.4 Å². The highest BCUT2D eigenvalue weighted by atomic mass is 16.5. The second kappa shape index (κ2) is 11.6. The van der Waals surface area contributed by atoms with Crippen LogP contribution in [0.25, 0.3) is 0 Å². The summed E-state index contributed by atoms with van der Waals surface area (Å²) in [6, 6.07) is 13.4. The monoisotopic (exact) mass is 378 g/mol. The van der Waals surface area contributed by atoms with Crippen LogP contribution in [0.2, 0.25) is 0 Å². The van der Waals surface area contributed by atoms with E-state index >= 15 is 0 Å². The molecule has 0 aliphatic heterocycles. The molecule has 0 saturated heterocycles. The van der Waals surface area contributed by atoms with Crippen molar-refractivity contribution in [2.45, 2.75) is 45.4 Å². The fourth-order valence-electron chi connectivity index (χ4n) is 2.81. The lowest BCUT2D eigenvalue weighted by molar-refractivity contribution is 0.102. The standard InChI is InChI=1S/C23H26N2O3/c1-2-3-4-5-6-7-14-28-21-11-9-19(10-12-21)23(27)25-22-13-8-18(16-24)15-20(22)17-26/h8-13,15,17H,2-7,14H2,1H3,(H,25,27). The Morgan fingerprint density at radius 3 is 2.46 bits per heavy atom. The number of nitrogens with zero attached hydrogens (tertiary/aromatic N) is 1. The lowest BCUT2D eigenvalue weighted by atomic mass is 10.1. The smallest absolute Gasteiger partial charge is 0.255 e. The number of ether oxygens (including phenoxy) is 1. The van der Waals surface area contributed by atoms with Gasteiger partial charge >= 0.3 is 0 Å². The van der Waals surface area contributed by atoms with Gasteiger partial charge in [-0.2, -0.15) is 5.26 Å². The third-order valence-electron chi connectivity index (χ3n) is 4.44. The van der Waals surface area contributed by atoms with Gasteiger partial charge in [0.15, 0.2) is 6.29 Å². The quantitative estimate of drug-likeness (QED) is 0.421. The van der Waals surface area contributed by atoms with Crippen molar-refractivity contribution >= 4 is 17.9 Å². The maximum absolute atomic E-state index is 12.4. The number of hydrogen-bond acceptors (Lipinski definition) is 4. The zero-order valence-corrected chi connectivity index (χ0v) is 16.2. The second-order valence-electron chi connectivity index (χ2n) is 6.63. The summed E-state index contributed by atoms with van der Waals surface area (Å²) in [6.45, 7) is 2.88. The number of aldehydes is 1. The van der Waals surface area contributed by atoms with Gasteiger partial charge in [0.25, 0.3) is 5.91 Å². The van der Waals surface area contributed by atoms with Gasteiger partial charge in [-0.25, -0.2) is 0 Å². The number of amides is 1. The SMILES string of the molecule is CCCCCCCCOc1ccc(C(=O)Nc2ccc(C#N)cc2C=O)cc1. The highest BCUT2D eigenvalue weighted by molar-refractivity contribution is 6.06. The lowest BCUT2D eigenvalue weighted by Crippen LogP contribution is -2.13. The van der Waals surface area contributed by atoms with Crippen LogP contribution in [-0.4, -0.2) is 18.8 Å². The molecule has 0 unspecified atom stereocenters. The van der Waals surface area contributed by atoms with Gasteiger partial charge in [0.05, 0.1) is 23.9 Å². The van der Waals surface area contributed by atoms with Gasteiger partial charge in [0, 0.05) is 11.1 Å². The predicted octanol–water partition coefficient (Wildman–Crippen LogP) is 5.36. The highest BCUT2D eigenvalue weighted by Gasteiger charge is 2.10. The third-order valence-corrected chi connectivity index (χ3v) is 4.44. The molecule has 0 aliphatic rings. The van der Waals surface area contributed by atoms with Gasteiger partial charge < -0.3 is 10.1 Å². The van der Waals surface area contributed by atoms with Crippen molar-refractivity contribution in [3.8, 4) is 11.8 Å². The van der Waals surface area contributed by atoms with Crippen molar-refractivity contribution in [2.24, 2.45) is 0 Å². The number of anilines is 1. The van der Waals surface area contributed by atoms with Crippen molar-refractivity contribution in [3.63, 3.8) is 0 Å². The Balaban J connectivity index is 1.85. The molecule has 0 atom stereocenters. The van der Waals surface area contributed by atoms with Crippen molar-refractivity contribution in [2.75, 3.05) is 11.9 Å². The van der Waals surface area contributed by atoms with Gasteiger partial charge in [-0.15, -0.1) is 0 Å². The molecule has 0 aromatic heterocycles. The molecule has 0 heterocycles. The Bertz CT molecular complexity index is 823. The molecule has 1 N–H and O–H groups in total. The molecule has 28 heavy (non-hydrogen) atoms. The summed E-state index contributed by atoms with van der Waals surface area (Å²) >= 11 is 0. The van der Waals surface area contributed by atoms with Crippen molar-refractivity contribution in [1.82, 2.24) is 0 Å². The average molecular weight is 378 g/mol. The summed E-state index contributed by atoms with van der Waals surface area (Å²) < 4.78 is 5.72. The Labute approximate surface area is 166 Å². The summed E-state index contributed by atoms with van der Waals surface area (Å²) in [5.74, 6) is 0.410. The minimum Gasteiger partial charge on any atom is -0.494 e. The van der Waals surface area contributed by atoms with E-state index in [-0.39, 0.29) is 11.5 Å². The van der Waals surface area contributed by atoms with Crippen LogP contribution in [-0.2, 0) is 0 Å². The Hall–Kier alpha value is -3.13. The number of benzene rings is 2. The Morgan fingerprint density at radius 2 is 1.79 bits per heavy atom. The fraction of sp³-hybridized carbons (Fsp3) is 0.348. The first-order valence-corrected chi connectivity index (χ1v) is 9.71. The minimum absolute atomic E-state index is 0.270. The normalized spacial score (nSPS) is 10.1. The molecule has 0 saturated carbocycles. The molecule has 2 rings (SSSR count). The molecule has 2 aromatic rings. The second-order valence-corrected chi connectivity index (χ2v) is 6.63. The van der Waals surface area contributed by atoms with E-state index < -0.39 is 0 Å². The number of carbonyl (C=O) groups is 2. The molecule has 146 valence electrons. The van der Waals surface area contributed by atoms with E-state index in [9.17, 15) is 9.59 Å². The van der Waals surface area contributed by atoms with Crippen LogP contribution in [0.3, 0.4) is 0 Å². The first-order valence-electron chi connectivity index (χ1n) is 9.71. The van der Waals surface area contributed by atoms with Crippen molar-refractivity contribution in [3.05, 3.63) is 59.2 Å². The molecule has 5 nitrogen and oxygen atoms in total. The van der Waals surface area contributed by atoms with Gasteiger partial charge in [0.2, 0.25) is 0 Å². The van der Waals surface area contributed by atoms with E-state index in [4.69, 9.17) is 10.00 Å². The van der Waals surface area contributed by atoms with E-state index in [0.29, 0.717) is 29.7 Å².